The average molecular weight is 395 g/mol. The molecule has 138 valence electrons. The monoisotopic (exact) mass is 394 g/mol. The van der Waals surface area contributed by atoms with Crippen LogP contribution in [0, 0.1) is 0 Å². The maximum absolute atomic E-state index is 12.3. The van der Waals surface area contributed by atoms with Crippen molar-refractivity contribution in [3.63, 3.8) is 0 Å². The number of carbonyl (C=O) groups excluding carboxylic acids is 2. The number of anilines is 1. The van der Waals surface area contributed by atoms with Crippen molar-refractivity contribution in [1.82, 2.24) is 4.90 Å². The van der Waals surface area contributed by atoms with Crippen LogP contribution in [0.4, 0.5) is 5.69 Å². The number of ketones is 1. The summed E-state index contributed by atoms with van der Waals surface area (Å²) in [5, 5.41) is 3.48. The Labute approximate surface area is 162 Å². The van der Waals surface area contributed by atoms with Gasteiger partial charge in [-0.15, -0.1) is 0 Å². The second kappa shape index (κ2) is 9.03. The van der Waals surface area contributed by atoms with Crippen molar-refractivity contribution in [1.29, 1.82) is 0 Å². The van der Waals surface area contributed by atoms with Crippen molar-refractivity contribution >= 4 is 40.6 Å². The molecular weight excluding hydrogens is 375 g/mol. The number of likely N-dealkylation sites (N-methyl/N-ethyl adjacent to an activating group) is 1. The number of halogens is 2. The summed E-state index contributed by atoms with van der Waals surface area (Å²) in [6, 6.07) is 10.3. The lowest BCUT2D eigenvalue weighted by Crippen LogP contribution is -2.30. The summed E-state index contributed by atoms with van der Waals surface area (Å²) in [4.78, 5) is 25.7. The van der Waals surface area contributed by atoms with Crippen LogP contribution < -0.4 is 10.1 Å². The van der Waals surface area contributed by atoms with E-state index in [1.54, 1.807) is 50.6 Å². The van der Waals surface area contributed by atoms with E-state index in [0.717, 1.165) is 5.56 Å². The lowest BCUT2D eigenvalue weighted by molar-refractivity contribution is -0.117. The van der Waals surface area contributed by atoms with E-state index in [9.17, 15) is 9.59 Å². The predicted molar refractivity (Wildman–Crippen MR) is 104 cm³/mol. The van der Waals surface area contributed by atoms with Crippen molar-refractivity contribution in [3.8, 4) is 5.75 Å². The second-order valence-corrected chi connectivity index (χ2v) is 6.71. The number of methoxy groups -OCH3 is 1. The molecule has 0 saturated carbocycles. The number of rotatable bonds is 7. The van der Waals surface area contributed by atoms with Crippen LogP contribution in [0.5, 0.6) is 5.75 Å². The minimum absolute atomic E-state index is 0.0253. The molecular formula is C19H20Cl2N2O3. The van der Waals surface area contributed by atoms with Crippen molar-refractivity contribution in [3.05, 3.63) is 57.6 Å². The van der Waals surface area contributed by atoms with Crippen LogP contribution in [-0.4, -0.2) is 37.3 Å². The number of amides is 1. The van der Waals surface area contributed by atoms with Crippen molar-refractivity contribution in [2.24, 2.45) is 0 Å². The topological polar surface area (TPSA) is 58.6 Å². The molecule has 26 heavy (non-hydrogen) atoms. The van der Waals surface area contributed by atoms with Crippen LogP contribution in [-0.2, 0) is 11.3 Å². The van der Waals surface area contributed by atoms with E-state index < -0.39 is 0 Å². The third kappa shape index (κ3) is 5.21. The smallest absolute Gasteiger partial charge is 0.238 e. The van der Waals surface area contributed by atoms with Crippen LogP contribution in [0.2, 0.25) is 10.0 Å². The summed E-state index contributed by atoms with van der Waals surface area (Å²) >= 11 is 12.1. The lowest BCUT2D eigenvalue weighted by Gasteiger charge is -2.19. The molecule has 1 N–H and O–H groups in total. The molecule has 0 spiro atoms. The Morgan fingerprint density at radius 3 is 2.38 bits per heavy atom. The molecule has 0 aliphatic heterocycles. The fourth-order valence-corrected chi connectivity index (χ4v) is 3.00. The summed E-state index contributed by atoms with van der Waals surface area (Å²) < 4.78 is 5.34. The number of para-hydroxylation sites is 1. The zero-order valence-electron chi connectivity index (χ0n) is 14.8. The van der Waals surface area contributed by atoms with E-state index in [0.29, 0.717) is 33.6 Å². The van der Waals surface area contributed by atoms with Crippen LogP contribution in [0.1, 0.15) is 22.8 Å². The highest BCUT2D eigenvalue weighted by Gasteiger charge is 2.14. The molecule has 0 aromatic heterocycles. The Balaban J connectivity index is 2.06. The van der Waals surface area contributed by atoms with Gasteiger partial charge in [-0.2, -0.15) is 0 Å². The third-order valence-electron chi connectivity index (χ3n) is 3.77. The van der Waals surface area contributed by atoms with E-state index in [4.69, 9.17) is 27.9 Å². The van der Waals surface area contributed by atoms with E-state index in [2.05, 4.69) is 5.32 Å². The highest BCUT2D eigenvalue weighted by Crippen LogP contribution is 2.29. The highest BCUT2D eigenvalue weighted by molar-refractivity contribution is 6.39. The van der Waals surface area contributed by atoms with Crippen LogP contribution in [0.25, 0.3) is 0 Å². The standard InChI is InChI=1S/C19H20Cl2N2O3/c1-12(24)13-7-8-17(26-3)14(9-13)10-23(2)11-18(25)22-19-15(20)5-4-6-16(19)21/h4-9H,10-11H2,1-3H3,(H,22,25). The zero-order chi connectivity index (χ0) is 19.3. The summed E-state index contributed by atoms with van der Waals surface area (Å²) in [5.74, 6) is 0.392. The molecule has 0 bridgehead atoms. The van der Waals surface area contributed by atoms with Gasteiger partial charge in [-0.3, -0.25) is 14.5 Å². The first-order valence-electron chi connectivity index (χ1n) is 7.92. The van der Waals surface area contributed by atoms with Crippen LogP contribution in [0.15, 0.2) is 36.4 Å². The lowest BCUT2D eigenvalue weighted by atomic mass is 10.1. The summed E-state index contributed by atoms with van der Waals surface area (Å²) in [5.41, 5.74) is 1.82. The summed E-state index contributed by atoms with van der Waals surface area (Å²) in [7, 11) is 3.37. The fraction of sp³-hybridized carbons (Fsp3) is 0.263. The van der Waals surface area contributed by atoms with Crippen LogP contribution >= 0.6 is 23.2 Å². The molecule has 2 rings (SSSR count). The highest BCUT2D eigenvalue weighted by atomic mass is 35.5. The number of nitrogens with one attached hydrogen (secondary N) is 1. The van der Waals surface area contributed by atoms with E-state index in [1.165, 1.54) is 6.92 Å². The van der Waals surface area contributed by atoms with Crippen molar-refractivity contribution in [2.45, 2.75) is 13.5 Å². The number of benzene rings is 2. The third-order valence-corrected chi connectivity index (χ3v) is 4.40. The Kier molecular flexibility index (Phi) is 7.03. The molecule has 1 amide bonds. The van der Waals surface area contributed by atoms with Gasteiger partial charge in [-0.1, -0.05) is 29.3 Å². The van der Waals surface area contributed by atoms with Gasteiger partial charge in [0.15, 0.2) is 5.78 Å². The first kappa shape index (κ1) is 20.2. The summed E-state index contributed by atoms with van der Waals surface area (Å²) in [6.07, 6.45) is 0. The van der Waals surface area contributed by atoms with Crippen LogP contribution in [0.3, 0.4) is 0 Å². The number of ether oxygens (including phenoxy) is 1. The molecule has 2 aromatic rings. The van der Waals surface area contributed by atoms with E-state index in [-0.39, 0.29) is 18.2 Å². The Bertz CT molecular complexity index is 804. The Morgan fingerprint density at radius 1 is 1.15 bits per heavy atom. The van der Waals surface area contributed by atoms with Gasteiger partial charge in [0.2, 0.25) is 5.91 Å². The molecule has 0 aliphatic rings. The molecule has 5 nitrogen and oxygen atoms in total. The van der Waals surface area contributed by atoms with Crippen molar-refractivity contribution < 1.29 is 14.3 Å². The maximum atomic E-state index is 12.3. The van der Waals surface area contributed by atoms with Gasteiger partial charge in [0.25, 0.3) is 0 Å². The number of hydrogen-bond acceptors (Lipinski definition) is 4. The maximum Gasteiger partial charge on any atom is 0.238 e. The molecule has 0 radical (unpaired) electrons. The first-order valence-corrected chi connectivity index (χ1v) is 8.67. The molecule has 0 atom stereocenters. The molecule has 0 saturated heterocycles. The zero-order valence-corrected chi connectivity index (χ0v) is 16.3. The largest absolute Gasteiger partial charge is 0.496 e. The quantitative estimate of drug-likeness (QED) is 0.712. The fourth-order valence-electron chi connectivity index (χ4n) is 2.51. The van der Waals surface area contributed by atoms with Gasteiger partial charge in [-0.25, -0.2) is 0 Å². The van der Waals surface area contributed by atoms with Gasteiger partial charge in [-0.05, 0) is 44.3 Å². The van der Waals surface area contributed by atoms with Gasteiger partial charge in [0.05, 0.1) is 29.4 Å². The first-order chi connectivity index (χ1) is 12.3. The van der Waals surface area contributed by atoms with Crippen molar-refractivity contribution in [2.75, 3.05) is 26.0 Å². The number of nitrogens with zero attached hydrogens (tertiary/aromatic N) is 1. The van der Waals surface area contributed by atoms with E-state index >= 15 is 0 Å². The molecule has 0 aliphatic carbocycles. The molecule has 7 heteroatoms. The normalized spacial score (nSPS) is 10.7. The average Bonchev–Trinajstić information content (AvgIpc) is 2.58. The molecule has 0 unspecified atom stereocenters. The predicted octanol–water partition coefficient (Wildman–Crippen LogP) is 4.28. The number of Topliss-reactive ketones (excluding diaryl/α,β-unsaturated/α-hetero) is 1. The van der Waals surface area contributed by atoms with Gasteiger partial charge in [0.1, 0.15) is 5.75 Å². The Hall–Kier alpha value is -2.08. The second-order valence-electron chi connectivity index (χ2n) is 5.90. The number of carbonyl (C=O) groups is 2. The Morgan fingerprint density at radius 2 is 1.81 bits per heavy atom. The van der Waals surface area contributed by atoms with Gasteiger partial charge >= 0.3 is 0 Å². The molecule has 0 heterocycles. The van der Waals surface area contributed by atoms with Gasteiger partial charge < -0.3 is 10.1 Å². The number of hydrogen-bond donors (Lipinski definition) is 1. The van der Waals surface area contributed by atoms with Gasteiger partial charge in [0, 0.05) is 17.7 Å². The molecule has 2 aromatic carbocycles. The molecule has 0 fully saturated rings. The summed E-state index contributed by atoms with van der Waals surface area (Å²) in [6.45, 7) is 2.07. The van der Waals surface area contributed by atoms with E-state index in [1.807, 2.05) is 4.90 Å². The minimum atomic E-state index is -0.246. The SMILES string of the molecule is COc1ccc(C(C)=O)cc1CN(C)CC(=O)Nc1c(Cl)cccc1Cl. The minimum Gasteiger partial charge on any atom is -0.496 e.